The summed E-state index contributed by atoms with van der Waals surface area (Å²) >= 11 is 0. The maximum atomic E-state index is 12.5. The summed E-state index contributed by atoms with van der Waals surface area (Å²) in [6, 6.07) is 6.16. The summed E-state index contributed by atoms with van der Waals surface area (Å²) in [5.41, 5.74) is 2.81. The Kier molecular flexibility index (Phi) is 5.04. The Bertz CT molecular complexity index is 631. The molecule has 6 nitrogen and oxygen atoms in total. The van der Waals surface area contributed by atoms with Gasteiger partial charge in [-0.25, -0.2) is 4.79 Å². The van der Waals surface area contributed by atoms with Gasteiger partial charge >= 0.3 is 6.03 Å². The van der Waals surface area contributed by atoms with E-state index in [1.54, 1.807) is 4.90 Å². The molecule has 1 aromatic rings. The summed E-state index contributed by atoms with van der Waals surface area (Å²) in [4.78, 5) is 26.4. The van der Waals surface area contributed by atoms with Gasteiger partial charge in [0.05, 0.1) is 5.69 Å². The van der Waals surface area contributed by atoms with Gasteiger partial charge in [-0.3, -0.25) is 9.69 Å². The molecule has 1 aromatic carbocycles. The normalized spacial score (nSPS) is 22.8. The topological polar surface area (TPSA) is 73.5 Å². The van der Waals surface area contributed by atoms with Gasteiger partial charge in [0.25, 0.3) is 0 Å². The maximum Gasteiger partial charge on any atom is 0.321 e. The Morgan fingerprint density at radius 1 is 1.38 bits per heavy atom. The van der Waals surface area contributed by atoms with Crippen LogP contribution in [0.3, 0.4) is 0 Å². The summed E-state index contributed by atoms with van der Waals surface area (Å²) in [6.45, 7) is 6.19. The van der Waals surface area contributed by atoms with Crippen LogP contribution in [0, 0.1) is 5.92 Å². The molecule has 0 aromatic heterocycles. The van der Waals surface area contributed by atoms with Crippen molar-refractivity contribution in [2.24, 2.45) is 5.92 Å². The quantitative estimate of drug-likeness (QED) is 0.795. The lowest BCUT2D eigenvalue weighted by Gasteiger charge is -2.27. The second-order valence-electron chi connectivity index (χ2n) is 6.65. The molecule has 1 fully saturated rings. The second-order valence-corrected chi connectivity index (χ2v) is 6.65. The molecule has 0 radical (unpaired) electrons. The molecule has 0 spiro atoms. The smallest absolute Gasteiger partial charge is 0.321 e. The van der Waals surface area contributed by atoms with Gasteiger partial charge < -0.3 is 16.0 Å². The number of benzene rings is 1. The predicted molar refractivity (Wildman–Crippen MR) is 95.4 cm³/mol. The first-order valence-corrected chi connectivity index (χ1v) is 8.81. The Morgan fingerprint density at radius 3 is 2.96 bits per heavy atom. The van der Waals surface area contributed by atoms with E-state index in [0.717, 1.165) is 42.7 Å². The molecule has 3 rings (SSSR count). The standard InChI is InChI=1S/C18H26N4O2/c1-3-19-18(24)22-9-7-13-4-5-15(11-16(13)22)21-17(23)14-6-8-20-12(2)10-14/h4-5,11-12,14,20H,3,6-10H2,1-2H3,(H,19,24)(H,21,23)/t12-,14-/m0/s1. The number of carbonyl (C=O) groups is 2. The zero-order chi connectivity index (χ0) is 17.1. The molecular formula is C18H26N4O2. The van der Waals surface area contributed by atoms with E-state index in [2.05, 4.69) is 22.9 Å². The van der Waals surface area contributed by atoms with Crippen molar-refractivity contribution in [3.63, 3.8) is 0 Å². The molecule has 0 unspecified atom stereocenters. The van der Waals surface area contributed by atoms with Crippen LogP contribution in [0.5, 0.6) is 0 Å². The van der Waals surface area contributed by atoms with E-state index in [0.29, 0.717) is 19.1 Å². The fraction of sp³-hybridized carbons (Fsp3) is 0.556. The second kappa shape index (κ2) is 7.21. The predicted octanol–water partition coefficient (Wildman–Crippen LogP) is 2.11. The fourth-order valence-electron chi connectivity index (χ4n) is 3.53. The number of fused-ring (bicyclic) bond motifs is 1. The van der Waals surface area contributed by atoms with E-state index in [1.165, 1.54) is 0 Å². The fourth-order valence-corrected chi connectivity index (χ4v) is 3.53. The number of carbonyl (C=O) groups excluding carboxylic acids is 2. The molecule has 2 heterocycles. The van der Waals surface area contributed by atoms with Crippen LogP contribution >= 0.6 is 0 Å². The number of urea groups is 1. The number of hydrogen-bond acceptors (Lipinski definition) is 3. The van der Waals surface area contributed by atoms with Crippen molar-refractivity contribution in [3.05, 3.63) is 23.8 Å². The Balaban J connectivity index is 1.70. The Morgan fingerprint density at radius 2 is 2.21 bits per heavy atom. The van der Waals surface area contributed by atoms with Gasteiger partial charge in [-0.1, -0.05) is 6.07 Å². The molecular weight excluding hydrogens is 304 g/mol. The van der Waals surface area contributed by atoms with E-state index >= 15 is 0 Å². The summed E-state index contributed by atoms with van der Waals surface area (Å²) in [5.74, 6) is 0.125. The average molecular weight is 330 g/mol. The molecule has 2 aliphatic heterocycles. The highest BCUT2D eigenvalue weighted by Crippen LogP contribution is 2.31. The van der Waals surface area contributed by atoms with Crippen LogP contribution in [0.2, 0.25) is 0 Å². The van der Waals surface area contributed by atoms with Crippen molar-refractivity contribution in [3.8, 4) is 0 Å². The van der Waals surface area contributed by atoms with Crippen LogP contribution in [0.15, 0.2) is 18.2 Å². The zero-order valence-electron chi connectivity index (χ0n) is 14.4. The van der Waals surface area contributed by atoms with Crippen molar-refractivity contribution < 1.29 is 9.59 Å². The van der Waals surface area contributed by atoms with Crippen LogP contribution in [0.1, 0.15) is 32.3 Å². The number of amides is 3. The van der Waals surface area contributed by atoms with Crippen molar-refractivity contribution in [2.75, 3.05) is 29.9 Å². The minimum absolute atomic E-state index is 0.0500. The number of piperidine rings is 1. The summed E-state index contributed by atoms with van der Waals surface area (Å²) < 4.78 is 0. The van der Waals surface area contributed by atoms with Crippen LogP contribution in [0.25, 0.3) is 0 Å². The highest BCUT2D eigenvalue weighted by atomic mass is 16.2. The SMILES string of the molecule is CCNC(=O)N1CCc2ccc(NC(=O)[C@H]3CCN[C@@H](C)C3)cc21. The van der Waals surface area contributed by atoms with Crippen molar-refractivity contribution in [1.29, 1.82) is 0 Å². The first kappa shape index (κ1) is 16.8. The van der Waals surface area contributed by atoms with Crippen molar-refractivity contribution >= 4 is 23.3 Å². The van der Waals surface area contributed by atoms with E-state index in [4.69, 9.17) is 0 Å². The molecule has 24 heavy (non-hydrogen) atoms. The molecule has 0 saturated carbocycles. The van der Waals surface area contributed by atoms with Gasteiger partial charge in [0.15, 0.2) is 0 Å². The van der Waals surface area contributed by atoms with Crippen LogP contribution in [0.4, 0.5) is 16.2 Å². The molecule has 3 N–H and O–H groups in total. The number of anilines is 2. The number of nitrogens with zero attached hydrogens (tertiary/aromatic N) is 1. The Labute approximate surface area is 143 Å². The van der Waals surface area contributed by atoms with Crippen molar-refractivity contribution in [2.45, 2.75) is 39.2 Å². The minimum atomic E-state index is -0.0769. The largest absolute Gasteiger partial charge is 0.338 e. The van der Waals surface area contributed by atoms with E-state index in [9.17, 15) is 9.59 Å². The van der Waals surface area contributed by atoms with Crippen LogP contribution in [-0.2, 0) is 11.2 Å². The third-order valence-corrected chi connectivity index (χ3v) is 4.82. The number of nitrogens with one attached hydrogen (secondary N) is 3. The number of rotatable bonds is 3. The summed E-state index contributed by atoms with van der Waals surface area (Å²) in [7, 11) is 0. The first-order valence-electron chi connectivity index (χ1n) is 8.81. The number of hydrogen-bond donors (Lipinski definition) is 3. The molecule has 1 saturated heterocycles. The molecule has 0 bridgehead atoms. The highest BCUT2D eigenvalue weighted by Gasteiger charge is 2.27. The first-order chi connectivity index (χ1) is 11.6. The molecule has 3 amide bonds. The van der Waals surface area contributed by atoms with Gasteiger partial charge in [-0.05, 0) is 57.4 Å². The zero-order valence-corrected chi connectivity index (χ0v) is 14.4. The third kappa shape index (κ3) is 3.53. The summed E-state index contributed by atoms with van der Waals surface area (Å²) in [6.07, 6.45) is 2.58. The summed E-state index contributed by atoms with van der Waals surface area (Å²) in [5, 5.41) is 9.23. The lowest BCUT2D eigenvalue weighted by atomic mass is 9.92. The molecule has 0 aliphatic carbocycles. The lowest BCUT2D eigenvalue weighted by molar-refractivity contribution is -0.120. The van der Waals surface area contributed by atoms with Gasteiger partial charge in [0.1, 0.15) is 0 Å². The van der Waals surface area contributed by atoms with Gasteiger partial charge in [-0.2, -0.15) is 0 Å². The van der Waals surface area contributed by atoms with Crippen LogP contribution in [-0.4, -0.2) is 37.6 Å². The molecule has 130 valence electrons. The van der Waals surface area contributed by atoms with Gasteiger partial charge in [-0.15, -0.1) is 0 Å². The van der Waals surface area contributed by atoms with E-state index < -0.39 is 0 Å². The van der Waals surface area contributed by atoms with Gasteiger partial charge in [0.2, 0.25) is 5.91 Å². The Hall–Kier alpha value is -2.08. The average Bonchev–Trinajstić information content (AvgIpc) is 2.98. The van der Waals surface area contributed by atoms with Crippen molar-refractivity contribution in [1.82, 2.24) is 10.6 Å². The van der Waals surface area contributed by atoms with E-state index in [1.807, 2.05) is 25.1 Å². The van der Waals surface area contributed by atoms with Crippen LogP contribution < -0.4 is 20.9 Å². The monoisotopic (exact) mass is 330 g/mol. The molecule has 2 atom stereocenters. The molecule has 2 aliphatic rings. The van der Waals surface area contributed by atoms with E-state index in [-0.39, 0.29) is 17.9 Å². The lowest BCUT2D eigenvalue weighted by Crippen LogP contribution is -2.40. The maximum absolute atomic E-state index is 12.5. The highest BCUT2D eigenvalue weighted by molar-refractivity contribution is 5.97. The van der Waals surface area contributed by atoms with Gasteiger partial charge in [0, 0.05) is 30.7 Å². The molecule has 6 heteroatoms. The third-order valence-electron chi connectivity index (χ3n) is 4.82. The minimum Gasteiger partial charge on any atom is -0.338 e.